The van der Waals surface area contributed by atoms with E-state index >= 15 is 0 Å². The van der Waals surface area contributed by atoms with Gasteiger partial charge in [0.05, 0.1) is 13.4 Å². The number of hydrogen-bond donors (Lipinski definition) is 0. The van der Waals surface area contributed by atoms with E-state index in [0.29, 0.717) is 29.5 Å². The second-order valence-electron chi connectivity index (χ2n) is 5.95. The Bertz CT molecular complexity index is 1010. The van der Waals surface area contributed by atoms with Crippen LogP contribution in [0.2, 0.25) is 0 Å². The molecule has 3 aromatic rings. The molecule has 0 aliphatic rings. The van der Waals surface area contributed by atoms with Crippen molar-refractivity contribution < 1.29 is 17.9 Å². The van der Waals surface area contributed by atoms with Crippen molar-refractivity contribution in [2.24, 2.45) is 0 Å². The van der Waals surface area contributed by atoms with Crippen LogP contribution in [0, 0.1) is 6.92 Å². The van der Waals surface area contributed by atoms with Gasteiger partial charge in [-0.25, -0.2) is 17.4 Å². The first-order chi connectivity index (χ1) is 12.4. The van der Waals surface area contributed by atoms with E-state index in [1.807, 2.05) is 31.2 Å². The molecular weight excluding hydrogens is 352 g/mol. The predicted octanol–water partition coefficient (Wildman–Crippen LogP) is 3.25. The minimum Gasteiger partial charge on any atom is -0.493 e. The Kier molecular flexibility index (Phi) is 4.99. The SMILES string of the molecule is COc1ccc(-c2nccn2S(C)(=O)=O)cc1OCc1ccc(C)cc1. The minimum atomic E-state index is -3.44. The second kappa shape index (κ2) is 7.21. The number of imidazole rings is 1. The molecule has 136 valence electrons. The zero-order chi connectivity index (χ0) is 18.7. The van der Waals surface area contributed by atoms with Crippen LogP contribution in [0.15, 0.2) is 54.9 Å². The third-order valence-corrected chi connectivity index (χ3v) is 4.91. The fourth-order valence-electron chi connectivity index (χ4n) is 2.54. The van der Waals surface area contributed by atoms with Crippen molar-refractivity contribution in [1.29, 1.82) is 0 Å². The first kappa shape index (κ1) is 18.0. The molecule has 0 aliphatic carbocycles. The van der Waals surface area contributed by atoms with Crippen LogP contribution < -0.4 is 9.47 Å². The third kappa shape index (κ3) is 3.88. The average molecular weight is 372 g/mol. The monoisotopic (exact) mass is 372 g/mol. The van der Waals surface area contributed by atoms with E-state index in [0.717, 1.165) is 15.8 Å². The smallest absolute Gasteiger partial charge is 0.237 e. The standard InChI is InChI=1S/C19H20N2O4S/c1-14-4-6-15(7-5-14)13-25-18-12-16(8-9-17(18)24-2)19-20-10-11-21(19)26(3,22)23/h4-12H,13H2,1-3H3. The molecule has 0 radical (unpaired) electrons. The van der Waals surface area contributed by atoms with E-state index in [2.05, 4.69) is 4.98 Å². The molecular formula is C19H20N2O4S. The van der Waals surface area contributed by atoms with Gasteiger partial charge in [-0.3, -0.25) is 0 Å². The van der Waals surface area contributed by atoms with Gasteiger partial charge >= 0.3 is 0 Å². The van der Waals surface area contributed by atoms with E-state index in [4.69, 9.17) is 9.47 Å². The Morgan fingerprint density at radius 2 is 1.81 bits per heavy atom. The van der Waals surface area contributed by atoms with Gasteiger partial charge in [0.25, 0.3) is 0 Å². The normalized spacial score (nSPS) is 11.3. The highest BCUT2D eigenvalue weighted by Crippen LogP contribution is 2.33. The predicted molar refractivity (Wildman–Crippen MR) is 100.0 cm³/mol. The molecule has 0 unspecified atom stereocenters. The van der Waals surface area contributed by atoms with Crippen molar-refractivity contribution in [2.75, 3.05) is 13.4 Å². The molecule has 1 heterocycles. The number of methoxy groups -OCH3 is 1. The summed E-state index contributed by atoms with van der Waals surface area (Å²) in [5.41, 5.74) is 2.83. The second-order valence-corrected chi connectivity index (χ2v) is 7.81. The summed E-state index contributed by atoms with van der Waals surface area (Å²) in [6.07, 6.45) is 4.01. The van der Waals surface area contributed by atoms with Gasteiger partial charge in [-0.05, 0) is 30.7 Å². The van der Waals surface area contributed by atoms with Crippen LogP contribution in [0.4, 0.5) is 0 Å². The summed E-state index contributed by atoms with van der Waals surface area (Å²) in [4.78, 5) is 4.16. The number of hydrogen-bond acceptors (Lipinski definition) is 5. The Labute approximate surface area is 153 Å². The van der Waals surface area contributed by atoms with Gasteiger partial charge in [-0.2, -0.15) is 0 Å². The van der Waals surface area contributed by atoms with Gasteiger partial charge in [0, 0.05) is 18.0 Å². The lowest BCUT2D eigenvalue weighted by Gasteiger charge is -2.13. The van der Waals surface area contributed by atoms with Gasteiger partial charge in [-0.15, -0.1) is 0 Å². The fourth-order valence-corrected chi connectivity index (χ4v) is 3.28. The van der Waals surface area contributed by atoms with E-state index in [9.17, 15) is 8.42 Å². The Morgan fingerprint density at radius 1 is 1.08 bits per heavy atom. The van der Waals surface area contributed by atoms with Crippen LogP contribution in [-0.4, -0.2) is 30.7 Å². The quantitative estimate of drug-likeness (QED) is 0.664. The summed E-state index contributed by atoms with van der Waals surface area (Å²) in [6.45, 7) is 2.40. The summed E-state index contributed by atoms with van der Waals surface area (Å²) in [6, 6.07) is 13.3. The van der Waals surface area contributed by atoms with Crippen LogP contribution in [0.1, 0.15) is 11.1 Å². The number of aryl methyl sites for hydroxylation is 1. The van der Waals surface area contributed by atoms with E-state index in [1.54, 1.807) is 25.3 Å². The highest BCUT2D eigenvalue weighted by molar-refractivity contribution is 7.89. The maximum atomic E-state index is 11.9. The van der Waals surface area contributed by atoms with Gasteiger partial charge in [0.1, 0.15) is 6.61 Å². The molecule has 3 rings (SSSR count). The zero-order valence-corrected chi connectivity index (χ0v) is 15.7. The van der Waals surface area contributed by atoms with Crippen molar-refractivity contribution in [1.82, 2.24) is 8.96 Å². The lowest BCUT2D eigenvalue weighted by atomic mass is 10.1. The van der Waals surface area contributed by atoms with Gasteiger partial charge in [-0.1, -0.05) is 29.8 Å². The molecule has 0 amide bonds. The highest BCUT2D eigenvalue weighted by atomic mass is 32.2. The summed E-state index contributed by atoms with van der Waals surface area (Å²) in [5.74, 6) is 1.42. The van der Waals surface area contributed by atoms with E-state index in [1.165, 1.54) is 18.0 Å². The van der Waals surface area contributed by atoms with Gasteiger partial charge in [0.15, 0.2) is 17.3 Å². The van der Waals surface area contributed by atoms with Crippen molar-refractivity contribution in [3.63, 3.8) is 0 Å². The minimum absolute atomic E-state index is 0.329. The largest absolute Gasteiger partial charge is 0.493 e. The van der Waals surface area contributed by atoms with Crippen molar-refractivity contribution in [3.8, 4) is 22.9 Å². The number of ether oxygens (including phenoxy) is 2. The van der Waals surface area contributed by atoms with Crippen LogP contribution >= 0.6 is 0 Å². The Balaban J connectivity index is 1.92. The van der Waals surface area contributed by atoms with Crippen LogP contribution in [0.25, 0.3) is 11.4 Å². The van der Waals surface area contributed by atoms with Crippen LogP contribution in [0.5, 0.6) is 11.5 Å². The summed E-state index contributed by atoms with van der Waals surface area (Å²) < 4.78 is 36.2. The maximum Gasteiger partial charge on any atom is 0.237 e. The van der Waals surface area contributed by atoms with Gasteiger partial charge < -0.3 is 9.47 Å². The molecule has 0 N–H and O–H groups in total. The molecule has 0 spiro atoms. The highest BCUT2D eigenvalue weighted by Gasteiger charge is 2.16. The first-order valence-electron chi connectivity index (χ1n) is 7.99. The number of aromatic nitrogens is 2. The van der Waals surface area contributed by atoms with Gasteiger partial charge in [0.2, 0.25) is 10.0 Å². The average Bonchev–Trinajstić information content (AvgIpc) is 3.11. The molecule has 0 aliphatic heterocycles. The summed E-state index contributed by atoms with van der Waals surface area (Å²) in [5, 5.41) is 0. The number of benzene rings is 2. The third-order valence-electron chi connectivity index (χ3n) is 3.90. The maximum absolute atomic E-state index is 11.9. The summed E-state index contributed by atoms with van der Waals surface area (Å²) >= 11 is 0. The topological polar surface area (TPSA) is 70.4 Å². The molecule has 0 atom stereocenters. The van der Waals surface area contributed by atoms with Crippen LogP contribution in [0.3, 0.4) is 0 Å². The van der Waals surface area contributed by atoms with Crippen molar-refractivity contribution in [3.05, 3.63) is 66.0 Å². The molecule has 26 heavy (non-hydrogen) atoms. The lowest BCUT2D eigenvalue weighted by molar-refractivity contribution is 0.284. The molecule has 7 heteroatoms. The Morgan fingerprint density at radius 3 is 2.46 bits per heavy atom. The molecule has 0 fully saturated rings. The summed E-state index contributed by atoms with van der Waals surface area (Å²) in [7, 11) is -1.88. The van der Waals surface area contributed by atoms with Crippen molar-refractivity contribution >= 4 is 10.0 Å². The fraction of sp³-hybridized carbons (Fsp3) is 0.211. The molecule has 1 aromatic heterocycles. The number of rotatable bonds is 6. The number of nitrogens with zero attached hydrogens (tertiary/aromatic N) is 2. The zero-order valence-electron chi connectivity index (χ0n) is 14.8. The first-order valence-corrected chi connectivity index (χ1v) is 9.84. The molecule has 0 saturated heterocycles. The van der Waals surface area contributed by atoms with Crippen LogP contribution in [-0.2, 0) is 16.6 Å². The molecule has 0 bridgehead atoms. The Hall–Kier alpha value is -2.80. The molecule has 6 nitrogen and oxygen atoms in total. The molecule has 2 aromatic carbocycles. The lowest BCUT2D eigenvalue weighted by Crippen LogP contribution is -2.10. The van der Waals surface area contributed by atoms with Crippen molar-refractivity contribution in [2.45, 2.75) is 13.5 Å². The molecule has 0 saturated carbocycles. The van der Waals surface area contributed by atoms with E-state index in [-0.39, 0.29) is 0 Å². The van der Waals surface area contributed by atoms with E-state index < -0.39 is 10.0 Å².